The highest BCUT2D eigenvalue weighted by Crippen LogP contribution is 2.23. The highest BCUT2D eigenvalue weighted by atomic mass is 16.5. The number of carbonyl (C=O) groups is 1. The second kappa shape index (κ2) is 3.02. The van der Waals surface area contributed by atoms with Crippen LogP contribution in [0.1, 0.15) is 10.4 Å². The van der Waals surface area contributed by atoms with Crippen LogP contribution in [0.15, 0.2) is 29.0 Å². The number of rotatable bonds is 2. The Bertz CT molecular complexity index is 470. The predicted molar refractivity (Wildman–Crippen MR) is 47.9 cm³/mol. The van der Waals surface area contributed by atoms with Crippen molar-refractivity contribution in [2.24, 2.45) is 7.05 Å². The fourth-order valence-electron chi connectivity index (χ4n) is 1.27. The van der Waals surface area contributed by atoms with E-state index >= 15 is 0 Å². The molecule has 2 aromatic rings. The molecule has 0 atom stereocenters. The van der Waals surface area contributed by atoms with Gasteiger partial charge < -0.3 is 14.2 Å². The second-order valence-corrected chi connectivity index (χ2v) is 2.88. The minimum atomic E-state index is -1.04. The van der Waals surface area contributed by atoms with E-state index in [1.807, 2.05) is 19.3 Å². The maximum absolute atomic E-state index is 10.8. The molecule has 0 bridgehead atoms. The summed E-state index contributed by atoms with van der Waals surface area (Å²) in [5.74, 6) is -0.757. The number of aryl methyl sites for hydroxylation is 1. The summed E-state index contributed by atoms with van der Waals surface area (Å²) in [4.78, 5) is 10.8. The van der Waals surface area contributed by atoms with Gasteiger partial charge >= 0.3 is 5.97 Å². The number of carboxylic acids is 1. The molecule has 2 rings (SSSR count). The van der Waals surface area contributed by atoms with E-state index in [9.17, 15) is 4.79 Å². The summed E-state index contributed by atoms with van der Waals surface area (Å²) in [7, 11) is 1.81. The molecule has 0 spiro atoms. The predicted octanol–water partition coefficient (Wildman–Crippen LogP) is 1.38. The molecule has 0 aliphatic carbocycles. The SMILES string of the molecule is Cn1cccc1-c1oncc1C(=O)O. The van der Waals surface area contributed by atoms with Crippen LogP contribution < -0.4 is 0 Å². The van der Waals surface area contributed by atoms with Gasteiger partial charge in [-0.3, -0.25) is 0 Å². The maximum Gasteiger partial charge on any atom is 0.341 e. The number of aromatic carboxylic acids is 1. The zero-order chi connectivity index (χ0) is 10.1. The van der Waals surface area contributed by atoms with Crippen molar-refractivity contribution in [1.82, 2.24) is 9.72 Å². The van der Waals surface area contributed by atoms with Crippen molar-refractivity contribution < 1.29 is 14.4 Å². The first-order valence-corrected chi connectivity index (χ1v) is 4.00. The van der Waals surface area contributed by atoms with Crippen molar-refractivity contribution in [3.63, 3.8) is 0 Å². The Labute approximate surface area is 79.6 Å². The van der Waals surface area contributed by atoms with Gasteiger partial charge in [-0.15, -0.1) is 0 Å². The Hall–Kier alpha value is -2.04. The fraction of sp³-hybridized carbons (Fsp3) is 0.111. The van der Waals surface area contributed by atoms with E-state index < -0.39 is 5.97 Å². The van der Waals surface area contributed by atoms with Crippen LogP contribution >= 0.6 is 0 Å². The normalized spacial score (nSPS) is 10.4. The molecule has 0 unspecified atom stereocenters. The van der Waals surface area contributed by atoms with E-state index in [1.165, 1.54) is 6.20 Å². The average molecular weight is 192 g/mol. The van der Waals surface area contributed by atoms with Gasteiger partial charge in [-0.25, -0.2) is 4.79 Å². The Morgan fingerprint density at radius 3 is 3.00 bits per heavy atom. The van der Waals surface area contributed by atoms with Crippen LogP contribution in [0.3, 0.4) is 0 Å². The van der Waals surface area contributed by atoms with E-state index in [2.05, 4.69) is 5.16 Å². The third kappa shape index (κ3) is 1.19. The molecule has 0 radical (unpaired) electrons. The fourth-order valence-corrected chi connectivity index (χ4v) is 1.27. The van der Waals surface area contributed by atoms with Gasteiger partial charge in [0.15, 0.2) is 5.76 Å². The third-order valence-corrected chi connectivity index (χ3v) is 1.98. The molecule has 0 saturated carbocycles. The lowest BCUT2D eigenvalue weighted by molar-refractivity contribution is 0.0697. The molecule has 2 aromatic heterocycles. The summed E-state index contributed by atoms with van der Waals surface area (Å²) in [6, 6.07) is 3.58. The Morgan fingerprint density at radius 1 is 1.64 bits per heavy atom. The molecular formula is C9H8N2O3. The van der Waals surface area contributed by atoms with Gasteiger partial charge in [-0.05, 0) is 12.1 Å². The minimum Gasteiger partial charge on any atom is -0.477 e. The molecule has 0 fully saturated rings. The molecule has 0 aliphatic heterocycles. The molecule has 72 valence electrons. The Kier molecular flexibility index (Phi) is 1.85. The van der Waals surface area contributed by atoms with Gasteiger partial charge in [0.25, 0.3) is 0 Å². The van der Waals surface area contributed by atoms with Crippen molar-refractivity contribution in [3.05, 3.63) is 30.1 Å². The monoisotopic (exact) mass is 192 g/mol. The summed E-state index contributed by atoms with van der Waals surface area (Å²) < 4.78 is 6.67. The van der Waals surface area contributed by atoms with Crippen LogP contribution in [0.4, 0.5) is 0 Å². The lowest BCUT2D eigenvalue weighted by atomic mass is 10.2. The molecule has 0 aromatic carbocycles. The summed E-state index contributed by atoms with van der Waals surface area (Å²) in [5.41, 5.74) is 0.770. The van der Waals surface area contributed by atoms with E-state index in [4.69, 9.17) is 9.63 Å². The van der Waals surface area contributed by atoms with Crippen LogP contribution in [0.5, 0.6) is 0 Å². The van der Waals surface area contributed by atoms with E-state index in [1.54, 1.807) is 10.6 Å². The lowest BCUT2D eigenvalue weighted by Crippen LogP contribution is -1.98. The van der Waals surface area contributed by atoms with E-state index in [0.717, 1.165) is 0 Å². The second-order valence-electron chi connectivity index (χ2n) is 2.88. The third-order valence-electron chi connectivity index (χ3n) is 1.98. The van der Waals surface area contributed by atoms with Gasteiger partial charge in [0, 0.05) is 13.2 Å². The summed E-state index contributed by atoms with van der Waals surface area (Å²) in [6.45, 7) is 0. The molecule has 1 N–H and O–H groups in total. The van der Waals surface area contributed by atoms with Crippen molar-refractivity contribution in [3.8, 4) is 11.5 Å². The van der Waals surface area contributed by atoms with Gasteiger partial charge in [0.05, 0.1) is 11.9 Å². The standard InChI is InChI=1S/C9H8N2O3/c1-11-4-2-3-7(11)8-6(9(12)13)5-10-14-8/h2-5H,1H3,(H,12,13). The number of nitrogens with zero attached hydrogens (tertiary/aromatic N) is 2. The highest BCUT2D eigenvalue weighted by Gasteiger charge is 2.18. The van der Waals surface area contributed by atoms with Crippen molar-refractivity contribution in [1.29, 1.82) is 0 Å². The average Bonchev–Trinajstić information content (AvgIpc) is 2.70. The minimum absolute atomic E-state index is 0.0757. The lowest BCUT2D eigenvalue weighted by Gasteiger charge is -1.98. The number of carboxylic acid groups (broad SMARTS) is 1. The molecule has 2 heterocycles. The quantitative estimate of drug-likeness (QED) is 0.780. The topological polar surface area (TPSA) is 68.3 Å². The molecular weight excluding hydrogens is 184 g/mol. The van der Waals surface area contributed by atoms with Crippen molar-refractivity contribution >= 4 is 5.97 Å². The maximum atomic E-state index is 10.8. The van der Waals surface area contributed by atoms with Gasteiger partial charge in [-0.1, -0.05) is 5.16 Å². The Morgan fingerprint density at radius 2 is 2.43 bits per heavy atom. The van der Waals surface area contributed by atoms with E-state index in [0.29, 0.717) is 5.69 Å². The summed E-state index contributed by atoms with van der Waals surface area (Å²) in [5, 5.41) is 12.3. The first-order valence-electron chi connectivity index (χ1n) is 4.00. The van der Waals surface area contributed by atoms with Crippen LogP contribution in [0.25, 0.3) is 11.5 Å². The molecule has 5 nitrogen and oxygen atoms in total. The summed E-state index contributed by atoms with van der Waals surface area (Å²) in [6.07, 6.45) is 3.01. The zero-order valence-electron chi connectivity index (χ0n) is 7.47. The number of aromatic nitrogens is 2. The van der Waals surface area contributed by atoms with Crippen LogP contribution in [-0.4, -0.2) is 20.8 Å². The number of hydrogen-bond donors (Lipinski definition) is 1. The van der Waals surface area contributed by atoms with Gasteiger partial charge in [0.1, 0.15) is 5.56 Å². The molecule has 0 aliphatic rings. The van der Waals surface area contributed by atoms with E-state index in [-0.39, 0.29) is 11.3 Å². The smallest absolute Gasteiger partial charge is 0.341 e. The highest BCUT2D eigenvalue weighted by molar-refractivity contribution is 5.93. The largest absolute Gasteiger partial charge is 0.477 e. The van der Waals surface area contributed by atoms with Crippen LogP contribution in [0.2, 0.25) is 0 Å². The van der Waals surface area contributed by atoms with Gasteiger partial charge in [0.2, 0.25) is 0 Å². The summed E-state index contributed by atoms with van der Waals surface area (Å²) >= 11 is 0. The number of hydrogen-bond acceptors (Lipinski definition) is 3. The zero-order valence-corrected chi connectivity index (χ0v) is 7.47. The first-order chi connectivity index (χ1) is 6.70. The molecule has 0 saturated heterocycles. The van der Waals surface area contributed by atoms with Crippen molar-refractivity contribution in [2.75, 3.05) is 0 Å². The van der Waals surface area contributed by atoms with Crippen LogP contribution in [-0.2, 0) is 7.05 Å². The van der Waals surface area contributed by atoms with Gasteiger partial charge in [-0.2, -0.15) is 0 Å². The molecule has 14 heavy (non-hydrogen) atoms. The van der Waals surface area contributed by atoms with Crippen molar-refractivity contribution in [2.45, 2.75) is 0 Å². The molecule has 5 heteroatoms. The Balaban J connectivity index is 2.57. The molecule has 0 amide bonds. The first kappa shape index (κ1) is 8.55. The van der Waals surface area contributed by atoms with Crippen LogP contribution in [0, 0.1) is 0 Å².